The van der Waals surface area contributed by atoms with Gasteiger partial charge in [0.1, 0.15) is 0 Å². The Morgan fingerprint density at radius 1 is 1.53 bits per heavy atom. The Hall–Kier alpha value is -1.18. The van der Waals surface area contributed by atoms with Crippen molar-refractivity contribution in [3.63, 3.8) is 0 Å². The maximum absolute atomic E-state index is 11.2. The predicted molar refractivity (Wildman–Crippen MR) is 69.6 cm³/mol. The van der Waals surface area contributed by atoms with Gasteiger partial charge in [-0.1, -0.05) is 20.4 Å². The van der Waals surface area contributed by atoms with Gasteiger partial charge in [0.25, 0.3) is 0 Å². The first-order valence-corrected chi connectivity index (χ1v) is 6.12. The Balaban J connectivity index is 0.00000121. The van der Waals surface area contributed by atoms with Gasteiger partial charge in [0.05, 0.1) is 19.0 Å². The fourth-order valence-corrected chi connectivity index (χ4v) is 1.76. The molecule has 1 heterocycles. The van der Waals surface area contributed by atoms with Crippen molar-refractivity contribution in [3.05, 3.63) is 12.7 Å². The number of nitrogens with zero attached hydrogens (tertiary/aromatic N) is 3. The predicted octanol–water partition coefficient (Wildman–Crippen LogP) is 1.30. The van der Waals surface area contributed by atoms with Gasteiger partial charge in [0, 0.05) is 25.7 Å². The molecule has 0 aromatic carbocycles. The summed E-state index contributed by atoms with van der Waals surface area (Å²) < 4.78 is 0. The standard InChI is InChI=1S/C11H17N3O.C2H6/c1-3-11(15)9-14-7-6-13(2)10(8-14)4-5-12;1-2/h3,10H,1,4,6-9H2,2H3;1-2H3. The summed E-state index contributed by atoms with van der Waals surface area (Å²) in [5.41, 5.74) is 0. The van der Waals surface area contributed by atoms with E-state index in [0.29, 0.717) is 13.0 Å². The number of likely N-dealkylation sites (N-methyl/N-ethyl adjacent to an activating group) is 1. The number of piperazine rings is 1. The number of carbonyl (C=O) groups is 1. The van der Waals surface area contributed by atoms with Crippen LogP contribution in [-0.4, -0.2) is 54.9 Å². The van der Waals surface area contributed by atoms with E-state index in [-0.39, 0.29) is 11.8 Å². The molecule has 4 nitrogen and oxygen atoms in total. The van der Waals surface area contributed by atoms with E-state index in [4.69, 9.17) is 5.26 Å². The van der Waals surface area contributed by atoms with Crippen molar-refractivity contribution in [2.75, 3.05) is 33.2 Å². The third kappa shape index (κ3) is 5.62. The van der Waals surface area contributed by atoms with Crippen LogP contribution in [0, 0.1) is 11.3 Å². The lowest BCUT2D eigenvalue weighted by Crippen LogP contribution is -2.52. The van der Waals surface area contributed by atoms with Crippen molar-refractivity contribution in [2.45, 2.75) is 26.3 Å². The first kappa shape index (κ1) is 15.8. The molecule has 1 aliphatic rings. The molecule has 0 aromatic rings. The van der Waals surface area contributed by atoms with Crippen LogP contribution in [0.25, 0.3) is 0 Å². The van der Waals surface area contributed by atoms with Gasteiger partial charge < -0.3 is 0 Å². The van der Waals surface area contributed by atoms with E-state index in [2.05, 4.69) is 22.4 Å². The van der Waals surface area contributed by atoms with Crippen LogP contribution in [-0.2, 0) is 4.79 Å². The summed E-state index contributed by atoms with van der Waals surface area (Å²) in [5, 5.41) is 8.67. The monoisotopic (exact) mass is 237 g/mol. The molecule has 0 amide bonds. The Morgan fingerprint density at radius 2 is 2.18 bits per heavy atom. The zero-order valence-corrected chi connectivity index (χ0v) is 11.1. The molecule has 1 saturated heterocycles. The SMILES string of the molecule is C=CC(=O)CN1CCN(C)C(CC#N)C1.CC. The second-order valence-electron chi connectivity index (χ2n) is 3.90. The van der Waals surface area contributed by atoms with Crippen LogP contribution < -0.4 is 0 Å². The molecule has 1 unspecified atom stereocenters. The number of rotatable bonds is 4. The minimum Gasteiger partial charge on any atom is -0.300 e. The van der Waals surface area contributed by atoms with Crippen molar-refractivity contribution in [2.24, 2.45) is 0 Å². The molecule has 0 bridgehead atoms. The van der Waals surface area contributed by atoms with E-state index >= 15 is 0 Å². The molecule has 0 aliphatic carbocycles. The van der Waals surface area contributed by atoms with Gasteiger partial charge in [-0.05, 0) is 13.1 Å². The van der Waals surface area contributed by atoms with Gasteiger partial charge in [-0.2, -0.15) is 5.26 Å². The van der Waals surface area contributed by atoms with E-state index in [1.807, 2.05) is 20.9 Å². The highest BCUT2D eigenvalue weighted by molar-refractivity contribution is 5.90. The van der Waals surface area contributed by atoms with Crippen molar-refractivity contribution >= 4 is 5.78 Å². The number of hydrogen-bond donors (Lipinski definition) is 0. The summed E-state index contributed by atoms with van der Waals surface area (Å²) in [5.74, 6) is 0.0512. The maximum Gasteiger partial charge on any atom is 0.169 e. The minimum absolute atomic E-state index is 0.0512. The summed E-state index contributed by atoms with van der Waals surface area (Å²) in [6, 6.07) is 2.43. The third-order valence-electron chi connectivity index (χ3n) is 2.80. The molecule has 4 heteroatoms. The molecular formula is C13H23N3O. The molecule has 0 radical (unpaired) electrons. The average Bonchev–Trinajstić information content (AvgIpc) is 2.36. The van der Waals surface area contributed by atoms with Gasteiger partial charge in [-0.15, -0.1) is 0 Å². The normalized spacial score (nSPS) is 20.9. The molecule has 1 rings (SSSR count). The van der Waals surface area contributed by atoms with Gasteiger partial charge in [-0.3, -0.25) is 14.6 Å². The van der Waals surface area contributed by atoms with Crippen molar-refractivity contribution in [1.82, 2.24) is 9.80 Å². The van der Waals surface area contributed by atoms with Crippen LogP contribution in [0.4, 0.5) is 0 Å². The molecule has 0 spiro atoms. The van der Waals surface area contributed by atoms with Crippen LogP contribution in [0.3, 0.4) is 0 Å². The second-order valence-corrected chi connectivity index (χ2v) is 3.90. The van der Waals surface area contributed by atoms with Crippen LogP contribution in [0.1, 0.15) is 20.3 Å². The van der Waals surface area contributed by atoms with Crippen LogP contribution in [0.5, 0.6) is 0 Å². The molecule has 17 heavy (non-hydrogen) atoms. The largest absolute Gasteiger partial charge is 0.300 e. The summed E-state index contributed by atoms with van der Waals surface area (Å²) in [6.07, 6.45) is 1.88. The summed E-state index contributed by atoms with van der Waals surface area (Å²) in [6.45, 7) is 10.5. The molecule has 1 atom stereocenters. The lowest BCUT2D eigenvalue weighted by Gasteiger charge is -2.38. The van der Waals surface area contributed by atoms with Gasteiger partial charge in [-0.25, -0.2) is 0 Å². The first-order valence-electron chi connectivity index (χ1n) is 6.12. The third-order valence-corrected chi connectivity index (χ3v) is 2.80. The fourth-order valence-electron chi connectivity index (χ4n) is 1.76. The van der Waals surface area contributed by atoms with E-state index in [1.165, 1.54) is 6.08 Å². The topological polar surface area (TPSA) is 47.3 Å². The number of nitriles is 1. The van der Waals surface area contributed by atoms with Gasteiger partial charge >= 0.3 is 0 Å². The number of ketones is 1. The molecule has 0 aromatic heterocycles. The number of carbonyl (C=O) groups excluding carboxylic acids is 1. The highest BCUT2D eigenvalue weighted by Gasteiger charge is 2.24. The van der Waals surface area contributed by atoms with Crippen molar-refractivity contribution in [1.29, 1.82) is 5.26 Å². The molecule has 1 fully saturated rings. The Kier molecular flexibility index (Phi) is 8.29. The van der Waals surface area contributed by atoms with Gasteiger partial charge in [0.2, 0.25) is 0 Å². The van der Waals surface area contributed by atoms with E-state index < -0.39 is 0 Å². The van der Waals surface area contributed by atoms with Crippen LogP contribution >= 0.6 is 0 Å². The fraction of sp³-hybridized carbons (Fsp3) is 0.692. The first-order chi connectivity index (χ1) is 8.17. The number of hydrogen-bond acceptors (Lipinski definition) is 4. The Labute approximate surface area is 105 Å². The van der Waals surface area contributed by atoms with E-state index in [0.717, 1.165) is 19.6 Å². The second kappa shape index (κ2) is 8.91. The quantitative estimate of drug-likeness (QED) is 0.691. The highest BCUT2D eigenvalue weighted by atomic mass is 16.1. The zero-order valence-electron chi connectivity index (χ0n) is 11.1. The lowest BCUT2D eigenvalue weighted by molar-refractivity contribution is -0.116. The van der Waals surface area contributed by atoms with E-state index in [1.54, 1.807) is 0 Å². The summed E-state index contributed by atoms with van der Waals surface area (Å²) in [4.78, 5) is 15.5. The van der Waals surface area contributed by atoms with Crippen LogP contribution in [0.15, 0.2) is 12.7 Å². The lowest BCUT2D eigenvalue weighted by atomic mass is 10.1. The maximum atomic E-state index is 11.2. The zero-order chi connectivity index (χ0) is 13.3. The smallest absolute Gasteiger partial charge is 0.169 e. The van der Waals surface area contributed by atoms with Crippen molar-refractivity contribution in [3.8, 4) is 6.07 Å². The molecule has 0 N–H and O–H groups in total. The van der Waals surface area contributed by atoms with Crippen molar-refractivity contribution < 1.29 is 4.79 Å². The van der Waals surface area contributed by atoms with Gasteiger partial charge in [0.15, 0.2) is 5.78 Å². The molecular weight excluding hydrogens is 214 g/mol. The van der Waals surface area contributed by atoms with Crippen LogP contribution in [0.2, 0.25) is 0 Å². The minimum atomic E-state index is 0.0512. The summed E-state index contributed by atoms with van der Waals surface area (Å²) in [7, 11) is 2.02. The highest BCUT2D eigenvalue weighted by Crippen LogP contribution is 2.10. The average molecular weight is 237 g/mol. The Bertz CT molecular complexity index is 283. The molecule has 0 saturated carbocycles. The molecule has 96 valence electrons. The Morgan fingerprint density at radius 3 is 2.71 bits per heavy atom. The summed E-state index contributed by atoms with van der Waals surface area (Å²) >= 11 is 0. The van der Waals surface area contributed by atoms with E-state index in [9.17, 15) is 4.79 Å². The molecule has 1 aliphatic heterocycles.